The third kappa shape index (κ3) is 2.21. The van der Waals surface area contributed by atoms with Crippen LogP contribution in [-0.2, 0) is 10.0 Å². The molecule has 1 aliphatic carbocycles. The number of hydrogen-bond acceptors (Lipinski definition) is 3. The molecule has 1 heterocycles. The molecule has 0 aromatic rings. The van der Waals surface area contributed by atoms with Gasteiger partial charge in [-0.1, -0.05) is 0 Å². The van der Waals surface area contributed by atoms with E-state index in [1.165, 1.54) is 0 Å². The highest BCUT2D eigenvalue weighted by atomic mass is 35.5. The van der Waals surface area contributed by atoms with E-state index < -0.39 is 10.0 Å². The molecule has 14 heavy (non-hydrogen) atoms. The summed E-state index contributed by atoms with van der Waals surface area (Å²) in [7, 11) is -2.94. The Balaban J connectivity index is 0.000000980. The van der Waals surface area contributed by atoms with Crippen LogP contribution in [0.2, 0.25) is 0 Å². The molecular weight excluding hydrogens is 224 g/mol. The van der Waals surface area contributed by atoms with Gasteiger partial charge in [0.15, 0.2) is 0 Å². The number of halogens is 1. The number of nitrogens with zero attached hydrogens (tertiary/aromatic N) is 1. The van der Waals surface area contributed by atoms with E-state index in [2.05, 4.69) is 5.32 Å². The molecule has 4 nitrogen and oxygen atoms in total. The van der Waals surface area contributed by atoms with Crippen molar-refractivity contribution in [3.8, 4) is 0 Å². The molecule has 1 saturated carbocycles. The van der Waals surface area contributed by atoms with Gasteiger partial charge in [0, 0.05) is 25.7 Å². The van der Waals surface area contributed by atoms with Gasteiger partial charge in [-0.2, -0.15) is 4.31 Å². The molecule has 6 heteroatoms. The lowest BCUT2D eigenvalue weighted by atomic mass is 10.3. The Labute approximate surface area is 91.5 Å². The molecule has 0 aromatic heterocycles. The van der Waals surface area contributed by atoms with Crippen LogP contribution in [0.25, 0.3) is 0 Å². The Morgan fingerprint density at radius 3 is 2.50 bits per heavy atom. The standard InChI is InChI=1S/C8H16N2O2S.ClH/c1-7-6-9-4-5-10(7)13(11,12)8-2-3-8;/h7-9H,2-6H2,1H3;1H/t7-;/m0./s1. The molecule has 0 spiro atoms. The Bertz CT molecular complexity index is 290. The van der Waals surface area contributed by atoms with Gasteiger partial charge in [-0.15, -0.1) is 12.4 Å². The first-order valence-electron chi connectivity index (χ1n) is 4.84. The highest BCUT2D eigenvalue weighted by Gasteiger charge is 2.42. The van der Waals surface area contributed by atoms with Crippen LogP contribution in [0.3, 0.4) is 0 Å². The van der Waals surface area contributed by atoms with E-state index in [1.807, 2.05) is 6.92 Å². The van der Waals surface area contributed by atoms with Gasteiger partial charge in [-0.25, -0.2) is 8.42 Å². The maximum absolute atomic E-state index is 11.9. The number of nitrogens with one attached hydrogen (secondary N) is 1. The zero-order chi connectivity index (χ0) is 9.47. The molecule has 0 amide bonds. The molecular formula is C8H17ClN2O2S. The third-order valence-corrected chi connectivity index (χ3v) is 5.22. The second-order valence-corrected chi connectivity index (χ2v) is 6.07. The number of rotatable bonds is 2. The Kier molecular flexibility index (Phi) is 3.80. The van der Waals surface area contributed by atoms with Gasteiger partial charge in [0.2, 0.25) is 10.0 Å². The predicted octanol–water partition coefficient (Wildman–Crippen LogP) is 0.194. The van der Waals surface area contributed by atoms with Crippen molar-refractivity contribution in [3.05, 3.63) is 0 Å². The third-order valence-electron chi connectivity index (χ3n) is 2.71. The molecule has 0 bridgehead atoms. The highest BCUT2D eigenvalue weighted by Crippen LogP contribution is 2.32. The topological polar surface area (TPSA) is 49.4 Å². The molecule has 0 radical (unpaired) electrons. The largest absolute Gasteiger partial charge is 0.314 e. The summed E-state index contributed by atoms with van der Waals surface area (Å²) in [6, 6.07) is 0.124. The first kappa shape index (κ1) is 12.2. The molecule has 2 aliphatic rings. The first-order chi connectivity index (χ1) is 6.12. The summed E-state index contributed by atoms with van der Waals surface area (Å²) < 4.78 is 25.4. The maximum Gasteiger partial charge on any atom is 0.217 e. The fourth-order valence-corrected chi connectivity index (χ4v) is 3.79. The zero-order valence-corrected chi connectivity index (χ0v) is 9.90. The smallest absolute Gasteiger partial charge is 0.217 e. The highest BCUT2D eigenvalue weighted by molar-refractivity contribution is 7.90. The van der Waals surface area contributed by atoms with Crippen LogP contribution in [0.1, 0.15) is 19.8 Å². The fraction of sp³-hybridized carbons (Fsp3) is 1.00. The van der Waals surface area contributed by atoms with Crippen molar-refractivity contribution in [2.75, 3.05) is 19.6 Å². The summed E-state index contributed by atoms with van der Waals surface area (Å²) in [4.78, 5) is 0. The van der Waals surface area contributed by atoms with Crippen molar-refractivity contribution < 1.29 is 8.42 Å². The lowest BCUT2D eigenvalue weighted by molar-refractivity contribution is 0.283. The van der Waals surface area contributed by atoms with Gasteiger partial charge in [0.05, 0.1) is 5.25 Å². The minimum Gasteiger partial charge on any atom is -0.314 e. The van der Waals surface area contributed by atoms with Gasteiger partial charge < -0.3 is 5.32 Å². The van der Waals surface area contributed by atoms with Gasteiger partial charge in [-0.3, -0.25) is 0 Å². The summed E-state index contributed by atoms with van der Waals surface area (Å²) in [6.07, 6.45) is 1.72. The minimum absolute atomic E-state index is 0. The summed E-state index contributed by atoms with van der Waals surface area (Å²) in [5.41, 5.74) is 0. The quantitative estimate of drug-likeness (QED) is 0.750. The van der Waals surface area contributed by atoms with Crippen LogP contribution in [0.5, 0.6) is 0 Å². The van der Waals surface area contributed by atoms with Crippen LogP contribution in [-0.4, -0.2) is 43.6 Å². The Hall–Kier alpha value is 0.160. The van der Waals surface area contributed by atoms with E-state index in [0.29, 0.717) is 6.54 Å². The number of piperazine rings is 1. The maximum atomic E-state index is 11.9. The summed E-state index contributed by atoms with van der Waals surface area (Å²) in [5.74, 6) is 0. The van der Waals surface area contributed by atoms with Crippen LogP contribution in [0.4, 0.5) is 0 Å². The van der Waals surface area contributed by atoms with E-state index in [9.17, 15) is 8.42 Å². The van der Waals surface area contributed by atoms with Crippen LogP contribution in [0.15, 0.2) is 0 Å². The molecule has 2 fully saturated rings. The van der Waals surface area contributed by atoms with Gasteiger partial charge in [0.25, 0.3) is 0 Å². The molecule has 2 rings (SSSR count). The SMILES string of the molecule is C[C@H]1CNCCN1S(=O)(=O)C1CC1.Cl. The predicted molar refractivity (Wildman–Crippen MR) is 58.2 cm³/mol. The second-order valence-electron chi connectivity index (χ2n) is 3.91. The van der Waals surface area contributed by atoms with Crippen LogP contribution in [0, 0.1) is 0 Å². The molecule has 1 atom stereocenters. The Morgan fingerprint density at radius 2 is 2.00 bits per heavy atom. The molecule has 1 N–H and O–H groups in total. The number of sulfonamides is 1. The van der Waals surface area contributed by atoms with Crippen molar-refractivity contribution in [3.63, 3.8) is 0 Å². The van der Waals surface area contributed by atoms with Crippen LogP contribution >= 0.6 is 12.4 Å². The van der Waals surface area contributed by atoms with Crippen molar-refractivity contribution in [1.29, 1.82) is 0 Å². The lowest BCUT2D eigenvalue weighted by Crippen LogP contribution is -2.53. The van der Waals surface area contributed by atoms with Crippen LogP contribution < -0.4 is 5.32 Å². The summed E-state index contributed by atoms with van der Waals surface area (Å²) in [5, 5.41) is 3.13. The van der Waals surface area contributed by atoms with Crippen molar-refractivity contribution in [2.45, 2.75) is 31.1 Å². The van der Waals surface area contributed by atoms with Gasteiger partial charge in [0.1, 0.15) is 0 Å². The molecule has 1 aliphatic heterocycles. The Morgan fingerprint density at radius 1 is 1.36 bits per heavy atom. The van der Waals surface area contributed by atoms with E-state index in [-0.39, 0.29) is 23.7 Å². The molecule has 84 valence electrons. The minimum atomic E-state index is -2.94. The van der Waals surface area contributed by atoms with E-state index >= 15 is 0 Å². The van der Waals surface area contributed by atoms with Crippen molar-refractivity contribution >= 4 is 22.4 Å². The van der Waals surface area contributed by atoms with Gasteiger partial charge in [-0.05, 0) is 19.8 Å². The fourth-order valence-electron chi connectivity index (χ4n) is 1.76. The molecule has 1 saturated heterocycles. The monoisotopic (exact) mass is 240 g/mol. The first-order valence-corrected chi connectivity index (χ1v) is 6.34. The normalized spacial score (nSPS) is 29.6. The van der Waals surface area contributed by atoms with E-state index in [4.69, 9.17) is 0 Å². The van der Waals surface area contributed by atoms with Crippen molar-refractivity contribution in [2.24, 2.45) is 0 Å². The lowest BCUT2D eigenvalue weighted by Gasteiger charge is -2.32. The second kappa shape index (κ2) is 4.35. The van der Waals surface area contributed by atoms with E-state index in [0.717, 1.165) is 25.9 Å². The van der Waals surface area contributed by atoms with Gasteiger partial charge >= 0.3 is 0 Å². The van der Waals surface area contributed by atoms with E-state index in [1.54, 1.807) is 4.31 Å². The average molecular weight is 241 g/mol. The van der Waals surface area contributed by atoms with Crippen molar-refractivity contribution in [1.82, 2.24) is 9.62 Å². The summed E-state index contributed by atoms with van der Waals surface area (Å²) in [6.45, 7) is 4.17. The number of hydrogen-bond donors (Lipinski definition) is 1. The zero-order valence-electron chi connectivity index (χ0n) is 8.27. The summed E-state index contributed by atoms with van der Waals surface area (Å²) >= 11 is 0. The average Bonchev–Trinajstić information content (AvgIpc) is 2.86. The molecule has 0 unspecified atom stereocenters. The molecule has 0 aromatic carbocycles.